The highest BCUT2D eigenvalue weighted by Gasteiger charge is 2.41. The Kier molecular flexibility index (Phi) is 6.33. The van der Waals surface area contributed by atoms with E-state index in [1.165, 1.54) is 11.9 Å². The summed E-state index contributed by atoms with van der Waals surface area (Å²) >= 11 is 0. The molecule has 0 aromatic heterocycles. The first-order chi connectivity index (χ1) is 8.54. The Morgan fingerprint density at radius 1 is 1.16 bits per heavy atom. The first-order valence-electron chi connectivity index (χ1n) is 6.75. The van der Waals surface area contributed by atoms with Gasteiger partial charge in [-0.2, -0.15) is 0 Å². The normalized spacial score (nSPS) is 14.6. The van der Waals surface area contributed by atoms with Gasteiger partial charge in [-0.1, -0.05) is 26.2 Å². The van der Waals surface area contributed by atoms with Crippen molar-refractivity contribution < 1.29 is 19.4 Å². The molecule has 112 valence electrons. The van der Waals surface area contributed by atoms with Crippen molar-refractivity contribution in [3.8, 4) is 0 Å². The minimum atomic E-state index is -1.22. The number of rotatable bonds is 6. The van der Waals surface area contributed by atoms with Crippen LogP contribution in [0.25, 0.3) is 0 Å². The summed E-state index contributed by atoms with van der Waals surface area (Å²) in [5.41, 5.74) is -1.86. The van der Waals surface area contributed by atoms with Gasteiger partial charge in [-0.25, -0.2) is 9.59 Å². The van der Waals surface area contributed by atoms with Gasteiger partial charge in [0, 0.05) is 7.05 Å². The SMILES string of the molecule is CCCCCC(C)(C(=O)O)N(C)C(=O)OC(C)(C)C. The monoisotopic (exact) mass is 273 g/mol. The molecule has 1 atom stereocenters. The van der Waals surface area contributed by atoms with Gasteiger partial charge in [-0.3, -0.25) is 4.90 Å². The number of carboxylic acids is 1. The maximum absolute atomic E-state index is 12.0. The highest BCUT2D eigenvalue weighted by atomic mass is 16.6. The van der Waals surface area contributed by atoms with Gasteiger partial charge in [0.25, 0.3) is 0 Å². The van der Waals surface area contributed by atoms with Crippen LogP contribution in [0.5, 0.6) is 0 Å². The van der Waals surface area contributed by atoms with Crippen LogP contribution >= 0.6 is 0 Å². The Labute approximate surface area is 115 Å². The molecule has 1 unspecified atom stereocenters. The second-order valence-electron chi connectivity index (χ2n) is 6.08. The minimum absolute atomic E-state index is 0.423. The van der Waals surface area contributed by atoms with Gasteiger partial charge in [0.2, 0.25) is 0 Å². The molecule has 0 heterocycles. The number of hydrogen-bond donors (Lipinski definition) is 1. The smallest absolute Gasteiger partial charge is 0.410 e. The fourth-order valence-electron chi connectivity index (χ4n) is 1.67. The molecule has 0 aliphatic carbocycles. The molecule has 0 radical (unpaired) electrons. The number of carboxylic acid groups (broad SMARTS) is 1. The summed E-state index contributed by atoms with van der Waals surface area (Å²) in [6, 6.07) is 0. The van der Waals surface area contributed by atoms with Crippen LogP contribution in [-0.4, -0.2) is 40.3 Å². The zero-order chi connectivity index (χ0) is 15.3. The Morgan fingerprint density at radius 2 is 1.68 bits per heavy atom. The molecular formula is C14H27NO4. The van der Waals surface area contributed by atoms with E-state index in [1.807, 2.05) is 0 Å². The summed E-state index contributed by atoms with van der Waals surface area (Å²) in [6.45, 7) is 8.89. The average molecular weight is 273 g/mol. The van der Waals surface area contributed by atoms with Gasteiger partial charge in [0.15, 0.2) is 0 Å². The molecule has 0 spiro atoms. The molecule has 0 aromatic rings. The van der Waals surface area contributed by atoms with Crippen molar-refractivity contribution in [3.63, 3.8) is 0 Å². The van der Waals surface area contributed by atoms with Crippen molar-refractivity contribution >= 4 is 12.1 Å². The zero-order valence-electron chi connectivity index (χ0n) is 12.9. The summed E-state index contributed by atoms with van der Waals surface area (Å²) in [7, 11) is 1.48. The van der Waals surface area contributed by atoms with Gasteiger partial charge in [0.05, 0.1) is 0 Å². The van der Waals surface area contributed by atoms with Crippen molar-refractivity contribution in [1.82, 2.24) is 4.90 Å². The molecule has 5 heteroatoms. The van der Waals surface area contributed by atoms with Gasteiger partial charge in [-0.05, 0) is 34.1 Å². The third-order valence-corrected chi connectivity index (χ3v) is 3.14. The number of nitrogens with zero attached hydrogens (tertiary/aromatic N) is 1. The number of carbonyl (C=O) groups is 2. The first-order valence-corrected chi connectivity index (χ1v) is 6.75. The van der Waals surface area contributed by atoms with Gasteiger partial charge < -0.3 is 9.84 Å². The molecule has 0 aliphatic heterocycles. The second-order valence-corrected chi connectivity index (χ2v) is 6.08. The molecule has 5 nitrogen and oxygen atoms in total. The lowest BCUT2D eigenvalue weighted by atomic mass is 9.93. The number of unbranched alkanes of at least 4 members (excludes halogenated alkanes) is 2. The van der Waals surface area contributed by atoms with E-state index in [0.717, 1.165) is 19.3 Å². The number of amides is 1. The number of aliphatic carboxylic acids is 1. The molecule has 0 saturated carbocycles. The van der Waals surface area contributed by atoms with Crippen molar-refractivity contribution in [2.75, 3.05) is 7.05 Å². The molecule has 0 bridgehead atoms. The lowest BCUT2D eigenvalue weighted by Gasteiger charge is -2.36. The lowest BCUT2D eigenvalue weighted by Crippen LogP contribution is -2.54. The predicted octanol–water partition coefficient (Wildman–Crippen LogP) is 3.28. The maximum atomic E-state index is 12.0. The van der Waals surface area contributed by atoms with Crippen molar-refractivity contribution in [1.29, 1.82) is 0 Å². The summed E-state index contributed by atoms with van der Waals surface area (Å²) in [4.78, 5) is 24.7. The quantitative estimate of drug-likeness (QED) is 0.754. The van der Waals surface area contributed by atoms with Crippen LogP contribution < -0.4 is 0 Å². The van der Waals surface area contributed by atoms with Crippen LogP contribution in [0.1, 0.15) is 60.3 Å². The highest BCUT2D eigenvalue weighted by molar-refractivity contribution is 5.83. The summed E-state index contributed by atoms with van der Waals surface area (Å²) < 4.78 is 5.23. The Balaban J connectivity index is 4.87. The van der Waals surface area contributed by atoms with Crippen LogP contribution in [-0.2, 0) is 9.53 Å². The molecule has 19 heavy (non-hydrogen) atoms. The third kappa shape index (κ3) is 5.49. The maximum Gasteiger partial charge on any atom is 0.410 e. The lowest BCUT2D eigenvalue weighted by molar-refractivity contribution is -0.149. The van der Waals surface area contributed by atoms with E-state index >= 15 is 0 Å². The standard InChI is InChI=1S/C14H27NO4/c1-7-8-9-10-14(5,11(16)17)15(6)12(18)19-13(2,3)4/h7-10H2,1-6H3,(H,16,17). The van der Waals surface area contributed by atoms with E-state index in [2.05, 4.69) is 6.92 Å². The Hall–Kier alpha value is -1.26. The number of ether oxygens (including phenoxy) is 1. The predicted molar refractivity (Wildman–Crippen MR) is 74.2 cm³/mol. The Morgan fingerprint density at radius 3 is 2.05 bits per heavy atom. The molecule has 0 aromatic carbocycles. The van der Waals surface area contributed by atoms with Crippen LogP contribution in [0.2, 0.25) is 0 Å². The molecule has 0 aliphatic rings. The van der Waals surface area contributed by atoms with E-state index in [0.29, 0.717) is 6.42 Å². The minimum Gasteiger partial charge on any atom is -0.480 e. The highest BCUT2D eigenvalue weighted by Crippen LogP contribution is 2.24. The van der Waals surface area contributed by atoms with E-state index in [9.17, 15) is 14.7 Å². The van der Waals surface area contributed by atoms with E-state index < -0.39 is 23.2 Å². The van der Waals surface area contributed by atoms with E-state index in [1.54, 1.807) is 27.7 Å². The van der Waals surface area contributed by atoms with Gasteiger partial charge in [-0.15, -0.1) is 0 Å². The Bertz CT molecular complexity index is 322. The van der Waals surface area contributed by atoms with Gasteiger partial charge >= 0.3 is 12.1 Å². The van der Waals surface area contributed by atoms with Crippen LogP contribution in [0.4, 0.5) is 4.79 Å². The topological polar surface area (TPSA) is 66.8 Å². The zero-order valence-corrected chi connectivity index (χ0v) is 12.9. The second kappa shape index (κ2) is 6.78. The van der Waals surface area contributed by atoms with Gasteiger partial charge in [0.1, 0.15) is 11.1 Å². The molecular weight excluding hydrogens is 246 g/mol. The fraction of sp³-hybridized carbons (Fsp3) is 0.857. The summed E-state index contributed by atoms with van der Waals surface area (Å²) in [5, 5.41) is 9.40. The fourth-order valence-corrected chi connectivity index (χ4v) is 1.67. The molecule has 0 saturated heterocycles. The molecule has 1 N–H and O–H groups in total. The van der Waals surface area contributed by atoms with Crippen molar-refractivity contribution in [3.05, 3.63) is 0 Å². The van der Waals surface area contributed by atoms with Crippen LogP contribution in [0.15, 0.2) is 0 Å². The summed E-state index contributed by atoms with van der Waals surface area (Å²) in [6.07, 6.45) is 2.55. The average Bonchev–Trinajstić information content (AvgIpc) is 2.25. The van der Waals surface area contributed by atoms with E-state index in [-0.39, 0.29) is 0 Å². The number of carbonyl (C=O) groups excluding carboxylic acids is 1. The molecule has 1 amide bonds. The van der Waals surface area contributed by atoms with E-state index in [4.69, 9.17) is 4.74 Å². The largest absolute Gasteiger partial charge is 0.480 e. The molecule has 0 rings (SSSR count). The van der Waals surface area contributed by atoms with Crippen LogP contribution in [0, 0.1) is 0 Å². The number of hydrogen-bond acceptors (Lipinski definition) is 3. The van der Waals surface area contributed by atoms with Crippen molar-refractivity contribution in [2.45, 2.75) is 71.4 Å². The van der Waals surface area contributed by atoms with Crippen LogP contribution in [0.3, 0.4) is 0 Å². The summed E-state index contributed by atoms with van der Waals surface area (Å²) in [5.74, 6) is -1.00. The van der Waals surface area contributed by atoms with Crippen molar-refractivity contribution in [2.24, 2.45) is 0 Å². The first kappa shape index (κ1) is 17.7. The third-order valence-electron chi connectivity index (χ3n) is 3.14. The number of likely N-dealkylation sites (N-methyl/N-ethyl adjacent to an activating group) is 1. The molecule has 0 fully saturated rings.